The molecule has 2 N–H and O–H groups in total. The minimum atomic E-state index is -0.626. The molecule has 0 fully saturated rings. The Morgan fingerprint density at radius 2 is 1.81 bits per heavy atom. The summed E-state index contributed by atoms with van der Waals surface area (Å²) in [5.74, 6) is -0.549. The fourth-order valence-corrected chi connectivity index (χ4v) is 4.94. The van der Waals surface area contributed by atoms with Crippen LogP contribution < -0.4 is 5.32 Å². The van der Waals surface area contributed by atoms with Gasteiger partial charge in [-0.1, -0.05) is 54.6 Å². The number of aliphatic hydroxyl groups excluding tert-OH is 1. The highest BCUT2D eigenvalue weighted by Crippen LogP contribution is 2.42. The highest BCUT2D eigenvalue weighted by Gasteiger charge is 2.31. The second-order valence-electron chi connectivity index (χ2n) is 9.14. The first-order valence-corrected chi connectivity index (χ1v) is 12.5. The van der Waals surface area contributed by atoms with Crippen molar-refractivity contribution in [2.75, 3.05) is 26.4 Å². The van der Waals surface area contributed by atoms with Crippen LogP contribution in [0.25, 0.3) is 11.1 Å². The van der Waals surface area contributed by atoms with Crippen LogP contribution in [0, 0.1) is 5.82 Å². The molecule has 0 saturated heterocycles. The van der Waals surface area contributed by atoms with Gasteiger partial charge < -0.3 is 24.6 Å². The van der Waals surface area contributed by atoms with Crippen molar-refractivity contribution in [1.29, 1.82) is 0 Å². The lowest BCUT2D eigenvalue weighted by molar-refractivity contribution is -0.151. The van der Waals surface area contributed by atoms with Gasteiger partial charge in [0, 0.05) is 18.9 Å². The lowest BCUT2D eigenvalue weighted by Gasteiger charge is -2.30. The van der Waals surface area contributed by atoms with Gasteiger partial charge in [-0.3, -0.25) is 4.79 Å². The summed E-state index contributed by atoms with van der Waals surface area (Å²) in [5, 5.41) is 11.8. The summed E-state index contributed by atoms with van der Waals surface area (Å²) in [6.07, 6.45) is 2.65. The van der Waals surface area contributed by atoms with E-state index >= 15 is 0 Å². The second-order valence-corrected chi connectivity index (χ2v) is 9.14. The summed E-state index contributed by atoms with van der Waals surface area (Å²) in [6.45, 7) is 1.04. The summed E-state index contributed by atoms with van der Waals surface area (Å²) in [7, 11) is 0. The Balaban J connectivity index is 1.36. The van der Waals surface area contributed by atoms with Gasteiger partial charge in [0.2, 0.25) is 6.29 Å². The van der Waals surface area contributed by atoms with Crippen LogP contribution in [-0.2, 0) is 32.0 Å². The number of halogens is 1. The Labute approximate surface area is 215 Å². The van der Waals surface area contributed by atoms with Crippen molar-refractivity contribution < 1.29 is 28.5 Å². The molecule has 0 bridgehead atoms. The molecule has 2 atom stereocenters. The van der Waals surface area contributed by atoms with Crippen LogP contribution in [-0.4, -0.2) is 43.7 Å². The summed E-state index contributed by atoms with van der Waals surface area (Å²) in [4.78, 5) is 13.1. The van der Waals surface area contributed by atoms with E-state index in [2.05, 4.69) is 47.8 Å². The Morgan fingerprint density at radius 1 is 1.00 bits per heavy atom. The first-order chi connectivity index (χ1) is 18.1. The summed E-state index contributed by atoms with van der Waals surface area (Å²) in [5.41, 5.74) is 6.99. The predicted octanol–water partition coefficient (Wildman–Crippen LogP) is 4.45. The van der Waals surface area contributed by atoms with Crippen molar-refractivity contribution in [3.05, 3.63) is 107 Å². The van der Waals surface area contributed by atoms with E-state index in [9.17, 15) is 9.18 Å². The van der Waals surface area contributed by atoms with Gasteiger partial charge in [-0.2, -0.15) is 0 Å². The van der Waals surface area contributed by atoms with Gasteiger partial charge in [-0.25, -0.2) is 4.39 Å². The minimum Gasteiger partial charge on any atom is -0.459 e. The maximum Gasteiger partial charge on any atom is 0.286 e. The monoisotopic (exact) mass is 503 g/mol. The Morgan fingerprint density at radius 3 is 2.65 bits per heavy atom. The fraction of sp³-hybridized carbons (Fsp3) is 0.300. The van der Waals surface area contributed by atoms with E-state index in [0.29, 0.717) is 13.0 Å². The molecule has 0 saturated carbocycles. The number of amides is 1. The fourth-order valence-electron chi connectivity index (χ4n) is 4.94. The molecule has 1 heterocycles. The highest BCUT2D eigenvalue weighted by molar-refractivity contribution is 5.91. The van der Waals surface area contributed by atoms with Crippen molar-refractivity contribution in [1.82, 2.24) is 5.32 Å². The molecular weight excluding hydrogens is 473 g/mol. The molecule has 2 aliphatic rings. The molecule has 0 radical (unpaired) electrons. The number of aliphatic hydroxyl groups is 1. The standard InChI is InChI=1S/C30H30FNO5/c31-23-10-8-20(9-11-23)19-32-30(34)28-17-22(18-29(37-28)36-15-14-35-13-12-33)25-6-3-7-26-24-5-2-1-4-21(24)16-27(25)26/h1-11,17,22,29,33H,12-16,18-19H2,(H,32,34). The third kappa shape index (κ3) is 5.91. The zero-order chi connectivity index (χ0) is 25.6. The predicted molar refractivity (Wildman–Crippen MR) is 137 cm³/mol. The van der Waals surface area contributed by atoms with Crippen LogP contribution in [0.3, 0.4) is 0 Å². The number of ether oxygens (including phenoxy) is 3. The number of allylic oxidation sites excluding steroid dienone is 1. The SMILES string of the molecule is O=C(NCc1ccc(F)cc1)C1=CC(c2cccc3c2Cc2ccccc2-3)CC(OCCOCCO)O1. The Hall–Kier alpha value is -3.52. The zero-order valence-electron chi connectivity index (χ0n) is 20.5. The van der Waals surface area contributed by atoms with Gasteiger partial charge in [-0.05, 0) is 58.0 Å². The van der Waals surface area contributed by atoms with Gasteiger partial charge >= 0.3 is 0 Å². The molecule has 1 aliphatic heterocycles. The van der Waals surface area contributed by atoms with Gasteiger partial charge in [0.15, 0.2) is 5.76 Å². The van der Waals surface area contributed by atoms with Crippen LogP contribution in [0.15, 0.2) is 78.6 Å². The summed E-state index contributed by atoms with van der Waals surface area (Å²) < 4.78 is 30.4. The Kier molecular flexibility index (Phi) is 7.94. The van der Waals surface area contributed by atoms with E-state index in [-0.39, 0.29) is 49.8 Å². The molecule has 192 valence electrons. The van der Waals surface area contributed by atoms with Crippen LogP contribution in [0.1, 0.15) is 34.6 Å². The average molecular weight is 504 g/mol. The van der Waals surface area contributed by atoms with Crippen LogP contribution >= 0.6 is 0 Å². The van der Waals surface area contributed by atoms with Gasteiger partial charge in [-0.15, -0.1) is 0 Å². The number of nitrogens with one attached hydrogen (secondary N) is 1. The minimum absolute atomic E-state index is 0.0510. The van der Waals surface area contributed by atoms with Crippen molar-refractivity contribution in [2.45, 2.75) is 31.6 Å². The quantitative estimate of drug-likeness (QED) is 0.313. The average Bonchev–Trinajstić information content (AvgIpc) is 3.31. The lowest BCUT2D eigenvalue weighted by Crippen LogP contribution is -2.33. The van der Waals surface area contributed by atoms with E-state index in [1.54, 1.807) is 12.1 Å². The molecule has 3 aromatic rings. The molecule has 1 amide bonds. The van der Waals surface area contributed by atoms with Crippen molar-refractivity contribution >= 4 is 5.91 Å². The molecule has 7 heteroatoms. The first kappa shape index (κ1) is 25.1. The summed E-state index contributed by atoms with van der Waals surface area (Å²) >= 11 is 0. The lowest BCUT2D eigenvalue weighted by atomic mass is 9.87. The van der Waals surface area contributed by atoms with E-state index in [4.69, 9.17) is 19.3 Å². The molecule has 0 aromatic heterocycles. The van der Waals surface area contributed by atoms with Crippen molar-refractivity contribution in [2.24, 2.45) is 0 Å². The summed E-state index contributed by atoms with van der Waals surface area (Å²) in [6, 6.07) is 20.8. The number of carbonyl (C=O) groups is 1. The number of hydrogen-bond donors (Lipinski definition) is 2. The molecule has 0 spiro atoms. The van der Waals surface area contributed by atoms with Gasteiger partial charge in [0.25, 0.3) is 5.91 Å². The number of fused-ring (bicyclic) bond motifs is 3. The van der Waals surface area contributed by atoms with Gasteiger partial charge in [0.05, 0.1) is 26.4 Å². The normalized spacial score (nSPS) is 17.9. The molecule has 2 unspecified atom stereocenters. The van der Waals surface area contributed by atoms with E-state index < -0.39 is 6.29 Å². The van der Waals surface area contributed by atoms with Crippen LogP contribution in [0.2, 0.25) is 0 Å². The molecular formula is C30H30FNO5. The van der Waals surface area contributed by atoms with Crippen LogP contribution in [0.5, 0.6) is 0 Å². The third-order valence-corrected chi connectivity index (χ3v) is 6.70. The van der Waals surface area contributed by atoms with Crippen LogP contribution in [0.4, 0.5) is 4.39 Å². The van der Waals surface area contributed by atoms with E-state index in [1.165, 1.54) is 34.4 Å². The largest absolute Gasteiger partial charge is 0.459 e. The Bertz CT molecular complexity index is 1270. The highest BCUT2D eigenvalue weighted by atomic mass is 19.1. The number of benzene rings is 3. The third-order valence-electron chi connectivity index (χ3n) is 6.70. The number of hydrogen-bond acceptors (Lipinski definition) is 5. The maximum absolute atomic E-state index is 13.2. The molecule has 1 aliphatic carbocycles. The zero-order valence-corrected chi connectivity index (χ0v) is 20.5. The first-order valence-electron chi connectivity index (χ1n) is 12.5. The molecule has 3 aromatic carbocycles. The smallest absolute Gasteiger partial charge is 0.286 e. The van der Waals surface area contributed by atoms with E-state index in [1.807, 2.05) is 6.08 Å². The number of rotatable bonds is 10. The molecule has 5 rings (SSSR count). The van der Waals surface area contributed by atoms with Crippen molar-refractivity contribution in [3.63, 3.8) is 0 Å². The molecule has 37 heavy (non-hydrogen) atoms. The maximum atomic E-state index is 13.2. The van der Waals surface area contributed by atoms with Crippen molar-refractivity contribution in [3.8, 4) is 11.1 Å². The number of carbonyl (C=O) groups excluding carboxylic acids is 1. The second kappa shape index (κ2) is 11.7. The topological polar surface area (TPSA) is 77.0 Å². The molecule has 6 nitrogen and oxygen atoms in total. The van der Waals surface area contributed by atoms with Gasteiger partial charge in [0.1, 0.15) is 5.82 Å². The van der Waals surface area contributed by atoms with E-state index in [0.717, 1.165) is 17.5 Å².